The fourth-order valence-electron chi connectivity index (χ4n) is 2.10. The third-order valence-corrected chi connectivity index (χ3v) is 3.82. The van der Waals surface area contributed by atoms with Crippen LogP contribution < -0.4 is 9.47 Å². The molecule has 0 fully saturated rings. The molecule has 2 aromatic rings. The summed E-state index contributed by atoms with van der Waals surface area (Å²) in [6.45, 7) is 2.14. The predicted molar refractivity (Wildman–Crippen MR) is 96.1 cm³/mol. The van der Waals surface area contributed by atoms with E-state index in [0.717, 1.165) is 33.9 Å². The number of rotatable bonds is 6. The highest BCUT2D eigenvalue weighted by atomic mass is 32.1. The molecule has 0 saturated heterocycles. The van der Waals surface area contributed by atoms with Crippen LogP contribution in [-0.2, 0) is 6.42 Å². The molecule has 0 radical (unpaired) electrons. The van der Waals surface area contributed by atoms with Crippen LogP contribution in [0, 0.1) is 0 Å². The zero-order valence-electron chi connectivity index (χ0n) is 13.1. The van der Waals surface area contributed by atoms with Gasteiger partial charge in [-0.05, 0) is 41.3 Å². The Hall–Kier alpha value is -2.13. The van der Waals surface area contributed by atoms with Crippen molar-refractivity contribution in [1.82, 2.24) is 0 Å². The van der Waals surface area contributed by atoms with Gasteiger partial charge in [-0.25, -0.2) is 0 Å². The molecule has 0 saturated carbocycles. The van der Waals surface area contributed by atoms with Crippen molar-refractivity contribution in [3.05, 3.63) is 65.2 Å². The number of thiocarbonyl (C=S) groups is 1. The Kier molecular flexibility index (Phi) is 5.73. The first-order valence-corrected chi connectivity index (χ1v) is 7.61. The molecule has 2 aromatic carbocycles. The summed E-state index contributed by atoms with van der Waals surface area (Å²) in [5, 5.41) is 0. The summed E-state index contributed by atoms with van der Waals surface area (Å²) in [5.74, 6) is 1.52. The molecule has 22 heavy (non-hydrogen) atoms. The Morgan fingerprint density at radius 2 is 1.59 bits per heavy atom. The maximum Gasteiger partial charge on any atom is 0.123 e. The lowest BCUT2D eigenvalue weighted by Crippen LogP contribution is -1.93. The van der Waals surface area contributed by atoms with Crippen molar-refractivity contribution in [2.75, 3.05) is 14.2 Å². The molecule has 0 heterocycles. The van der Waals surface area contributed by atoms with Gasteiger partial charge in [-0.2, -0.15) is 0 Å². The highest BCUT2D eigenvalue weighted by Gasteiger charge is 2.01. The zero-order valence-corrected chi connectivity index (χ0v) is 13.9. The van der Waals surface area contributed by atoms with Crippen LogP contribution in [0.25, 0.3) is 6.08 Å². The van der Waals surface area contributed by atoms with E-state index in [1.165, 1.54) is 5.56 Å². The van der Waals surface area contributed by atoms with Gasteiger partial charge in [-0.15, -0.1) is 0 Å². The summed E-state index contributed by atoms with van der Waals surface area (Å²) in [4.78, 5) is 0.810. The molecule has 0 aliphatic heterocycles. The molecule has 0 N–H and O–H groups in total. The molecule has 2 rings (SSSR count). The van der Waals surface area contributed by atoms with Crippen LogP contribution in [0.1, 0.15) is 23.6 Å². The lowest BCUT2D eigenvalue weighted by atomic mass is 10.1. The van der Waals surface area contributed by atoms with Crippen molar-refractivity contribution >= 4 is 23.2 Å². The van der Waals surface area contributed by atoms with Gasteiger partial charge in [0.2, 0.25) is 0 Å². The molecular formula is C19H20O2S. The maximum atomic E-state index is 5.47. The van der Waals surface area contributed by atoms with E-state index in [-0.39, 0.29) is 0 Å². The Bertz CT molecular complexity index is 650. The van der Waals surface area contributed by atoms with Crippen LogP contribution in [0.4, 0.5) is 0 Å². The lowest BCUT2D eigenvalue weighted by molar-refractivity contribution is 0.394. The van der Waals surface area contributed by atoms with Gasteiger partial charge in [-0.1, -0.05) is 49.5 Å². The van der Waals surface area contributed by atoms with Crippen molar-refractivity contribution in [2.24, 2.45) is 0 Å². The fourth-order valence-corrected chi connectivity index (χ4v) is 2.30. The first-order chi connectivity index (χ1) is 10.7. The molecule has 0 spiro atoms. The minimum atomic E-state index is 0.761. The quantitative estimate of drug-likeness (QED) is 0.438. The standard InChI is InChI=1S/C19H20O2S/c1-4-14-5-8-16(9-6-14)19(22)10-7-15-11-17(20-2)13-18(12-15)21-3/h5-13H,4H2,1-3H3. The number of methoxy groups -OCH3 is 2. The van der Waals surface area contributed by atoms with E-state index in [0.29, 0.717) is 0 Å². The van der Waals surface area contributed by atoms with Crippen LogP contribution in [0.3, 0.4) is 0 Å². The smallest absolute Gasteiger partial charge is 0.123 e. The third-order valence-electron chi connectivity index (χ3n) is 3.45. The van der Waals surface area contributed by atoms with Gasteiger partial charge < -0.3 is 9.47 Å². The van der Waals surface area contributed by atoms with Gasteiger partial charge in [0.05, 0.1) is 14.2 Å². The molecule has 0 aliphatic carbocycles. The largest absolute Gasteiger partial charge is 0.497 e. The monoisotopic (exact) mass is 312 g/mol. The van der Waals surface area contributed by atoms with E-state index in [2.05, 4.69) is 31.2 Å². The number of benzene rings is 2. The van der Waals surface area contributed by atoms with E-state index in [1.807, 2.05) is 30.4 Å². The van der Waals surface area contributed by atoms with Gasteiger partial charge >= 0.3 is 0 Å². The van der Waals surface area contributed by atoms with E-state index in [4.69, 9.17) is 21.7 Å². The Morgan fingerprint density at radius 1 is 1.00 bits per heavy atom. The first kappa shape index (κ1) is 16.2. The second-order valence-corrected chi connectivity index (χ2v) is 5.33. The molecule has 0 aromatic heterocycles. The highest BCUT2D eigenvalue weighted by molar-refractivity contribution is 7.81. The SMILES string of the molecule is CCc1ccc(C(=S)C=Cc2cc(OC)cc(OC)c2)cc1. The first-order valence-electron chi connectivity index (χ1n) is 7.20. The van der Waals surface area contributed by atoms with Gasteiger partial charge in [0, 0.05) is 10.9 Å². The summed E-state index contributed by atoms with van der Waals surface area (Å²) in [6.07, 6.45) is 4.94. The number of ether oxygens (including phenoxy) is 2. The topological polar surface area (TPSA) is 18.5 Å². The second-order valence-electron chi connectivity index (χ2n) is 4.89. The summed E-state index contributed by atoms with van der Waals surface area (Å²) in [7, 11) is 3.28. The van der Waals surface area contributed by atoms with Crippen LogP contribution in [-0.4, -0.2) is 19.1 Å². The van der Waals surface area contributed by atoms with Crippen LogP contribution in [0.2, 0.25) is 0 Å². The Labute approximate surface area is 137 Å². The maximum absolute atomic E-state index is 5.47. The summed E-state index contributed by atoms with van der Waals surface area (Å²) >= 11 is 5.47. The normalized spacial score (nSPS) is 10.7. The average molecular weight is 312 g/mol. The van der Waals surface area contributed by atoms with Gasteiger partial charge in [0.15, 0.2) is 0 Å². The van der Waals surface area contributed by atoms with Crippen molar-refractivity contribution < 1.29 is 9.47 Å². The molecule has 0 aliphatic rings. The summed E-state index contributed by atoms with van der Waals surface area (Å²) < 4.78 is 10.5. The molecular weight excluding hydrogens is 292 g/mol. The second kappa shape index (κ2) is 7.76. The van der Waals surface area contributed by atoms with E-state index in [9.17, 15) is 0 Å². The summed E-state index contributed by atoms with van der Waals surface area (Å²) in [5.41, 5.74) is 3.36. The Morgan fingerprint density at radius 3 is 2.09 bits per heavy atom. The number of hydrogen-bond acceptors (Lipinski definition) is 3. The molecule has 114 valence electrons. The molecule has 0 bridgehead atoms. The van der Waals surface area contributed by atoms with Crippen LogP contribution >= 0.6 is 12.2 Å². The molecule has 0 unspecified atom stereocenters. The van der Waals surface area contributed by atoms with Gasteiger partial charge in [0.25, 0.3) is 0 Å². The number of allylic oxidation sites excluding steroid dienone is 1. The Balaban J connectivity index is 2.17. The molecule has 0 atom stereocenters. The van der Waals surface area contributed by atoms with Crippen LogP contribution in [0.5, 0.6) is 11.5 Å². The van der Waals surface area contributed by atoms with Crippen LogP contribution in [0.15, 0.2) is 48.5 Å². The number of aryl methyl sites for hydroxylation is 1. The molecule has 0 amide bonds. The predicted octanol–water partition coefficient (Wildman–Crippen LogP) is 4.70. The lowest BCUT2D eigenvalue weighted by Gasteiger charge is -2.06. The average Bonchev–Trinajstić information content (AvgIpc) is 2.59. The molecule has 2 nitrogen and oxygen atoms in total. The van der Waals surface area contributed by atoms with E-state index < -0.39 is 0 Å². The minimum Gasteiger partial charge on any atom is -0.497 e. The minimum absolute atomic E-state index is 0.761. The van der Waals surface area contributed by atoms with Gasteiger partial charge in [0.1, 0.15) is 11.5 Å². The van der Waals surface area contributed by atoms with Crippen molar-refractivity contribution in [3.63, 3.8) is 0 Å². The third kappa shape index (κ3) is 4.18. The number of hydrogen-bond donors (Lipinski definition) is 0. The van der Waals surface area contributed by atoms with Gasteiger partial charge in [-0.3, -0.25) is 0 Å². The van der Waals surface area contributed by atoms with Crippen molar-refractivity contribution in [2.45, 2.75) is 13.3 Å². The molecule has 3 heteroatoms. The summed E-state index contributed by atoms with van der Waals surface area (Å²) in [6, 6.07) is 14.1. The van der Waals surface area contributed by atoms with E-state index >= 15 is 0 Å². The van der Waals surface area contributed by atoms with Crippen molar-refractivity contribution in [3.8, 4) is 11.5 Å². The zero-order chi connectivity index (χ0) is 15.9. The van der Waals surface area contributed by atoms with E-state index in [1.54, 1.807) is 14.2 Å². The van der Waals surface area contributed by atoms with Crippen molar-refractivity contribution in [1.29, 1.82) is 0 Å². The highest BCUT2D eigenvalue weighted by Crippen LogP contribution is 2.23. The fraction of sp³-hybridized carbons (Fsp3) is 0.211.